The fourth-order valence-corrected chi connectivity index (χ4v) is 5.15. The zero-order valence-corrected chi connectivity index (χ0v) is 14.9. The first-order valence-electron chi connectivity index (χ1n) is 9.36. The Balaban J connectivity index is 1.53. The molecule has 1 saturated heterocycles. The molecule has 0 spiro atoms. The summed E-state index contributed by atoms with van der Waals surface area (Å²) in [5.74, 6) is 2.12. The molecule has 5 nitrogen and oxygen atoms in total. The topological polar surface area (TPSA) is 51.5 Å². The van der Waals surface area contributed by atoms with Crippen molar-refractivity contribution in [2.45, 2.75) is 51.1 Å². The van der Waals surface area contributed by atoms with Crippen molar-refractivity contribution in [3.8, 4) is 0 Å². The molecule has 2 N–H and O–H groups in total. The van der Waals surface area contributed by atoms with Crippen LogP contribution < -0.4 is 10.2 Å². The Morgan fingerprint density at radius 1 is 1.12 bits per heavy atom. The van der Waals surface area contributed by atoms with E-state index in [1.807, 2.05) is 11.3 Å². The lowest BCUT2D eigenvalue weighted by Gasteiger charge is -2.23. The molecule has 0 aromatic carbocycles. The van der Waals surface area contributed by atoms with Gasteiger partial charge in [-0.1, -0.05) is 0 Å². The first-order chi connectivity index (χ1) is 11.9. The number of nitrogens with zero attached hydrogens (tertiary/aromatic N) is 2. The minimum Gasteiger partial charge on any atom is -0.370 e. The van der Waals surface area contributed by atoms with Crippen LogP contribution in [0, 0.1) is 0 Å². The van der Waals surface area contributed by atoms with E-state index < -0.39 is 0 Å². The molecular formula is C18H25N4OS+. The van der Waals surface area contributed by atoms with Crippen LogP contribution >= 0.6 is 11.3 Å². The van der Waals surface area contributed by atoms with Gasteiger partial charge in [-0.05, 0) is 44.1 Å². The van der Waals surface area contributed by atoms with Crippen LogP contribution in [0.3, 0.4) is 0 Å². The minimum atomic E-state index is 0.630. The molecular weight excluding hydrogens is 320 g/mol. The summed E-state index contributed by atoms with van der Waals surface area (Å²) in [6.07, 6.45) is 7.61. The van der Waals surface area contributed by atoms with Crippen molar-refractivity contribution in [2.24, 2.45) is 0 Å². The second kappa shape index (κ2) is 6.24. The van der Waals surface area contributed by atoms with Gasteiger partial charge in [-0.25, -0.2) is 9.97 Å². The zero-order valence-electron chi connectivity index (χ0n) is 14.1. The number of ether oxygens (including phenoxy) is 1. The number of hydrogen-bond donors (Lipinski definition) is 2. The highest BCUT2D eigenvalue weighted by molar-refractivity contribution is 7.19. The van der Waals surface area contributed by atoms with Crippen LogP contribution in [0.4, 0.5) is 5.82 Å². The number of anilines is 1. The summed E-state index contributed by atoms with van der Waals surface area (Å²) in [4.78, 5) is 14.3. The lowest BCUT2D eigenvalue weighted by atomic mass is 9.97. The van der Waals surface area contributed by atoms with Crippen molar-refractivity contribution < 1.29 is 9.64 Å². The fraction of sp³-hybridized carbons (Fsp3) is 0.667. The Bertz CT molecular complexity index is 749. The summed E-state index contributed by atoms with van der Waals surface area (Å²) < 4.78 is 5.48. The molecule has 2 aromatic heterocycles. The molecule has 2 aromatic rings. The van der Waals surface area contributed by atoms with Gasteiger partial charge in [-0.15, -0.1) is 11.3 Å². The summed E-state index contributed by atoms with van der Waals surface area (Å²) in [5, 5.41) is 5.03. The highest BCUT2D eigenvalue weighted by Crippen LogP contribution is 2.39. The van der Waals surface area contributed by atoms with Gasteiger partial charge in [0.15, 0.2) is 5.82 Å². The molecule has 1 aliphatic heterocycles. The third kappa shape index (κ3) is 2.91. The van der Waals surface area contributed by atoms with E-state index in [1.54, 1.807) is 9.78 Å². The summed E-state index contributed by atoms with van der Waals surface area (Å²) in [7, 11) is 0. The van der Waals surface area contributed by atoms with Crippen LogP contribution in [0.25, 0.3) is 10.2 Å². The maximum atomic E-state index is 5.48. The largest absolute Gasteiger partial charge is 0.370 e. The molecule has 2 fully saturated rings. The summed E-state index contributed by atoms with van der Waals surface area (Å²) in [6.45, 7) is 4.76. The molecule has 128 valence electrons. The summed E-state index contributed by atoms with van der Waals surface area (Å²) in [6, 6.07) is 0.630. The van der Waals surface area contributed by atoms with E-state index in [-0.39, 0.29) is 0 Å². The maximum absolute atomic E-state index is 5.48. The van der Waals surface area contributed by atoms with E-state index in [1.165, 1.54) is 54.3 Å². The highest BCUT2D eigenvalue weighted by atomic mass is 32.1. The zero-order chi connectivity index (χ0) is 15.9. The maximum Gasteiger partial charge on any atom is 0.187 e. The Morgan fingerprint density at radius 2 is 1.96 bits per heavy atom. The van der Waals surface area contributed by atoms with E-state index >= 15 is 0 Å². The van der Waals surface area contributed by atoms with Crippen LogP contribution in [0.2, 0.25) is 0 Å². The first-order valence-corrected chi connectivity index (χ1v) is 10.2. The van der Waals surface area contributed by atoms with Gasteiger partial charge >= 0.3 is 0 Å². The van der Waals surface area contributed by atoms with Crippen molar-refractivity contribution in [3.05, 3.63) is 16.3 Å². The standard InChI is InChI=1S/C18H24N4OS/c1-2-4-14-13(3-1)16-17(19-12-5-6-12)20-15(21-18(16)24-14)11-22-7-9-23-10-8-22/h12H,1-11H2,(H,19,20,21)/p+1. The van der Waals surface area contributed by atoms with Gasteiger partial charge in [0.05, 0.1) is 18.6 Å². The minimum absolute atomic E-state index is 0.630. The van der Waals surface area contributed by atoms with Gasteiger partial charge in [0.25, 0.3) is 0 Å². The lowest BCUT2D eigenvalue weighted by molar-refractivity contribution is -0.922. The Morgan fingerprint density at radius 3 is 2.79 bits per heavy atom. The molecule has 0 amide bonds. The molecule has 5 rings (SSSR count). The average Bonchev–Trinajstić information content (AvgIpc) is 3.33. The van der Waals surface area contributed by atoms with Crippen LogP contribution in [0.1, 0.15) is 41.9 Å². The van der Waals surface area contributed by atoms with E-state index in [9.17, 15) is 0 Å². The first kappa shape index (κ1) is 15.0. The normalized spacial score (nSPS) is 21.8. The number of aryl methyl sites for hydroxylation is 2. The van der Waals surface area contributed by atoms with Crippen LogP contribution in [0.15, 0.2) is 0 Å². The van der Waals surface area contributed by atoms with Gasteiger partial charge in [-0.3, -0.25) is 0 Å². The van der Waals surface area contributed by atoms with Gasteiger partial charge < -0.3 is 15.0 Å². The number of hydrogen-bond acceptors (Lipinski definition) is 5. The molecule has 0 atom stereocenters. The molecule has 3 heterocycles. The number of thiophene rings is 1. The number of aromatic nitrogens is 2. The highest BCUT2D eigenvalue weighted by Gasteiger charge is 2.27. The molecule has 0 radical (unpaired) electrons. The van der Waals surface area contributed by atoms with Gasteiger partial charge in [-0.2, -0.15) is 0 Å². The number of rotatable bonds is 4. The molecule has 24 heavy (non-hydrogen) atoms. The van der Waals surface area contributed by atoms with E-state index in [0.717, 1.165) is 44.5 Å². The Kier molecular flexibility index (Phi) is 3.91. The van der Waals surface area contributed by atoms with Crippen molar-refractivity contribution in [2.75, 3.05) is 31.6 Å². The third-order valence-electron chi connectivity index (χ3n) is 5.39. The van der Waals surface area contributed by atoms with E-state index in [2.05, 4.69) is 5.32 Å². The fourth-order valence-electron chi connectivity index (χ4n) is 3.87. The molecule has 6 heteroatoms. The van der Waals surface area contributed by atoms with Gasteiger partial charge in [0.1, 0.15) is 30.3 Å². The predicted molar refractivity (Wildman–Crippen MR) is 95.9 cm³/mol. The molecule has 3 aliphatic rings. The monoisotopic (exact) mass is 345 g/mol. The van der Waals surface area contributed by atoms with Crippen molar-refractivity contribution in [3.63, 3.8) is 0 Å². The quantitative estimate of drug-likeness (QED) is 0.883. The predicted octanol–water partition coefficient (Wildman–Crippen LogP) is 1.56. The molecule has 2 aliphatic carbocycles. The smallest absolute Gasteiger partial charge is 0.187 e. The second-order valence-corrected chi connectivity index (χ2v) is 8.42. The molecule has 0 bridgehead atoms. The van der Waals surface area contributed by atoms with Crippen LogP contribution in [0.5, 0.6) is 0 Å². The second-order valence-electron chi connectivity index (χ2n) is 7.34. The van der Waals surface area contributed by atoms with Gasteiger partial charge in [0, 0.05) is 10.9 Å². The lowest BCUT2D eigenvalue weighted by Crippen LogP contribution is -3.12. The van der Waals surface area contributed by atoms with Crippen molar-refractivity contribution in [1.29, 1.82) is 0 Å². The van der Waals surface area contributed by atoms with E-state index in [4.69, 9.17) is 14.7 Å². The SMILES string of the molecule is C1CCc2c(sc3nc(C[NH+]4CCOCC4)nc(NC4CC4)c23)C1. The van der Waals surface area contributed by atoms with Crippen molar-refractivity contribution >= 4 is 27.4 Å². The van der Waals surface area contributed by atoms with E-state index in [0.29, 0.717) is 6.04 Å². The molecule has 1 saturated carbocycles. The van der Waals surface area contributed by atoms with Crippen LogP contribution in [-0.2, 0) is 24.1 Å². The summed E-state index contributed by atoms with van der Waals surface area (Å²) in [5.41, 5.74) is 1.54. The Hall–Kier alpha value is -1.24. The summed E-state index contributed by atoms with van der Waals surface area (Å²) >= 11 is 1.91. The van der Waals surface area contributed by atoms with Crippen LogP contribution in [-0.4, -0.2) is 42.3 Å². The number of nitrogens with one attached hydrogen (secondary N) is 2. The number of quaternary nitrogens is 1. The third-order valence-corrected chi connectivity index (χ3v) is 6.57. The number of morpholine rings is 1. The van der Waals surface area contributed by atoms with Crippen molar-refractivity contribution in [1.82, 2.24) is 9.97 Å². The average molecular weight is 345 g/mol. The number of fused-ring (bicyclic) bond motifs is 3. The Labute approximate surface area is 146 Å². The van der Waals surface area contributed by atoms with Gasteiger partial charge in [0.2, 0.25) is 0 Å². The molecule has 0 unspecified atom stereocenters.